The summed E-state index contributed by atoms with van der Waals surface area (Å²) >= 11 is 6.14. The maximum Gasteiger partial charge on any atom is 0.259 e. The van der Waals surface area contributed by atoms with Crippen molar-refractivity contribution in [2.75, 3.05) is 25.2 Å². The normalized spacial score (nSPS) is 15.5. The van der Waals surface area contributed by atoms with Crippen molar-refractivity contribution < 1.29 is 33.3 Å². The molecule has 0 aromatic heterocycles. The molecule has 10 heteroatoms. The molecule has 204 valence electrons. The Bertz CT molecular complexity index is 1390. The van der Waals surface area contributed by atoms with Crippen molar-refractivity contribution in [1.29, 1.82) is 0 Å². The Hall–Kier alpha value is -3.98. The topological polar surface area (TPSA) is 97.3 Å². The molecule has 2 amide bonds. The van der Waals surface area contributed by atoms with Gasteiger partial charge in [-0.05, 0) is 66.9 Å². The van der Waals surface area contributed by atoms with Crippen molar-refractivity contribution in [3.8, 4) is 23.0 Å². The number of hydrogen-bond donors (Lipinski definition) is 2. The number of rotatable bonds is 7. The molecule has 8 nitrogen and oxygen atoms in total. The Morgan fingerprint density at radius 3 is 2.51 bits per heavy atom. The maximum absolute atomic E-state index is 14.2. The van der Waals surface area contributed by atoms with Crippen LogP contribution in [0.4, 0.5) is 10.1 Å². The van der Waals surface area contributed by atoms with Gasteiger partial charge >= 0.3 is 0 Å². The first kappa shape index (κ1) is 26.6. The van der Waals surface area contributed by atoms with Crippen molar-refractivity contribution in [1.82, 2.24) is 5.32 Å². The number of fused-ring (bicyclic) bond motifs is 1. The number of halogens is 2. The third-order valence-corrected chi connectivity index (χ3v) is 7.21. The highest BCUT2D eigenvalue weighted by Crippen LogP contribution is 2.38. The highest BCUT2D eigenvalue weighted by atomic mass is 35.5. The van der Waals surface area contributed by atoms with E-state index in [4.69, 9.17) is 25.8 Å². The van der Waals surface area contributed by atoms with E-state index in [0.717, 1.165) is 31.7 Å². The number of carbonyl (C=O) groups excluding carboxylic acids is 2. The Morgan fingerprint density at radius 1 is 1.05 bits per heavy atom. The van der Waals surface area contributed by atoms with Crippen LogP contribution in [-0.2, 0) is 4.79 Å². The minimum Gasteiger partial charge on any atom is -0.504 e. The molecule has 5 rings (SSSR count). The number of nitrogens with one attached hydrogen (secondary N) is 1. The second-order valence-electron chi connectivity index (χ2n) is 9.46. The van der Waals surface area contributed by atoms with Gasteiger partial charge in [0.05, 0.1) is 12.1 Å². The number of anilines is 1. The Kier molecular flexibility index (Phi) is 7.79. The number of ether oxygens (including phenoxy) is 3. The number of amides is 2. The fraction of sp³-hybridized carbons (Fsp3) is 0.310. The Morgan fingerprint density at radius 2 is 1.79 bits per heavy atom. The zero-order chi connectivity index (χ0) is 27.5. The van der Waals surface area contributed by atoms with E-state index >= 15 is 0 Å². The van der Waals surface area contributed by atoms with Gasteiger partial charge in [0.15, 0.2) is 23.0 Å². The summed E-state index contributed by atoms with van der Waals surface area (Å²) in [5.74, 6) is -0.712. The number of nitrogens with zero attached hydrogens (tertiary/aromatic N) is 1. The summed E-state index contributed by atoms with van der Waals surface area (Å²) in [5, 5.41) is 13.1. The third-order valence-electron chi connectivity index (χ3n) is 6.92. The van der Waals surface area contributed by atoms with Crippen LogP contribution in [-0.4, -0.2) is 43.3 Å². The maximum atomic E-state index is 14.2. The molecular formula is C29H28ClFN2O6. The van der Waals surface area contributed by atoms with Gasteiger partial charge in [-0.3, -0.25) is 14.5 Å². The summed E-state index contributed by atoms with van der Waals surface area (Å²) < 4.78 is 30.7. The highest BCUT2D eigenvalue weighted by Gasteiger charge is 2.36. The zero-order valence-electron chi connectivity index (χ0n) is 21.3. The Labute approximate surface area is 230 Å². The fourth-order valence-electron chi connectivity index (χ4n) is 4.97. The molecule has 0 unspecified atom stereocenters. The van der Waals surface area contributed by atoms with Crippen molar-refractivity contribution in [3.05, 3.63) is 76.6 Å². The molecule has 1 aliphatic carbocycles. The molecule has 0 saturated heterocycles. The molecule has 1 fully saturated rings. The van der Waals surface area contributed by atoms with Crippen molar-refractivity contribution in [2.45, 2.75) is 37.8 Å². The third kappa shape index (κ3) is 5.59. The molecule has 1 atom stereocenters. The minimum atomic E-state index is -1.21. The average Bonchev–Trinajstić information content (AvgIpc) is 3.46. The fourth-order valence-corrected chi connectivity index (χ4v) is 5.14. The number of hydrogen-bond acceptors (Lipinski definition) is 6. The SMILES string of the molecule is COc1cc([C@H](C(=O)NC2CCCC2)N(C(=O)c2ccc3c(c2)OCCO3)c2ccc(F)c(Cl)c2)ccc1O. The van der Waals surface area contributed by atoms with Gasteiger partial charge in [0, 0.05) is 17.3 Å². The van der Waals surface area contributed by atoms with Crippen LogP contribution in [0, 0.1) is 5.82 Å². The molecule has 3 aromatic carbocycles. The van der Waals surface area contributed by atoms with Gasteiger partial charge in [0.2, 0.25) is 5.91 Å². The second-order valence-corrected chi connectivity index (χ2v) is 9.86. The van der Waals surface area contributed by atoms with Crippen LogP contribution in [0.1, 0.15) is 47.6 Å². The Balaban J connectivity index is 1.65. The van der Waals surface area contributed by atoms with Gasteiger partial charge in [0.1, 0.15) is 25.1 Å². The molecular weight excluding hydrogens is 527 g/mol. The van der Waals surface area contributed by atoms with E-state index in [1.54, 1.807) is 24.3 Å². The molecule has 2 N–H and O–H groups in total. The second kappa shape index (κ2) is 11.4. The summed E-state index contributed by atoms with van der Waals surface area (Å²) in [6.07, 6.45) is 3.65. The van der Waals surface area contributed by atoms with E-state index in [1.165, 1.54) is 36.3 Å². The average molecular weight is 555 g/mol. The first-order valence-corrected chi connectivity index (χ1v) is 13.1. The quantitative estimate of drug-likeness (QED) is 0.405. The largest absolute Gasteiger partial charge is 0.504 e. The predicted octanol–water partition coefficient (Wildman–Crippen LogP) is 5.41. The lowest BCUT2D eigenvalue weighted by molar-refractivity contribution is -0.123. The van der Waals surface area contributed by atoms with Crippen LogP contribution < -0.4 is 24.4 Å². The highest BCUT2D eigenvalue weighted by molar-refractivity contribution is 6.31. The smallest absolute Gasteiger partial charge is 0.259 e. The standard InChI is InChI=1S/C29H28ClFN2O6/c1-37-25-14-17(6-10-23(25)34)27(28(35)32-19-4-2-3-5-19)33(20-8-9-22(31)21(30)16-20)29(36)18-7-11-24-26(15-18)39-13-12-38-24/h6-11,14-16,19,27,34H,2-5,12-13H2,1H3,(H,32,35)/t27-/m1/s1. The lowest BCUT2D eigenvalue weighted by atomic mass is 10.00. The van der Waals surface area contributed by atoms with Gasteiger partial charge in [-0.1, -0.05) is 30.5 Å². The summed E-state index contributed by atoms with van der Waals surface area (Å²) in [6.45, 7) is 0.730. The van der Waals surface area contributed by atoms with Gasteiger partial charge < -0.3 is 24.6 Å². The molecule has 39 heavy (non-hydrogen) atoms. The lowest BCUT2D eigenvalue weighted by Gasteiger charge is -2.33. The van der Waals surface area contributed by atoms with E-state index in [1.807, 2.05) is 0 Å². The number of benzene rings is 3. The van der Waals surface area contributed by atoms with E-state index in [9.17, 15) is 19.1 Å². The number of aromatic hydroxyl groups is 1. The van der Waals surface area contributed by atoms with Crippen LogP contribution in [0.3, 0.4) is 0 Å². The molecule has 2 aliphatic rings. The molecule has 0 bridgehead atoms. The number of methoxy groups -OCH3 is 1. The number of phenolic OH excluding ortho intramolecular Hbond substituents is 1. The van der Waals surface area contributed by atoms with Crippen molar-refractivity contribution in [2.24, 2.45) is 0 Å². The van der Waals surface area contributed by atoms with Crippen LogP contribution >= 0.6 is 11.6 Å². The monoisotopic (exact) mass is 554 g/mol. The first-order valence-electron chi connectivity index (χ1n) is 12.7. The van der Waals surface area contributed by atoms with E-state index in [2.05, 4.69) is 5.32 Å². The van der Waals surface area contributed by atoms with Crippen molar-refractivity contribution in [3.63, 3.8) is 0 Å². The molecule has 1 saturated carbocycles. The molecule has 3 aromatic rings. The predicted molar refractivity (Wildman–Crippen MR) is 143 cm³/mol. The molecule has 0 radical (unpaired) electrons. The van der Waals surface area contributed by atoms with Crippen molar-refractivity contribution >= 4 is 29.1 Å². The number of carbonyl (C=O) groups is 2. The minimum absolute atomic E-state index is 0.0398. The lowest BCUT2D eigenvalue weighted by Crippen LogP contribution is -2.46. The zero-order valence-corrected chi connectivity index (χ0v) is 22.0. The van der Waals surface area contributed by atoms with Crippen LogP contribution in [0.5, 0.6) is 23.0 Å². The van der Waals surface area contributed by atoms with E-state index < -0.39 is 23.7 Å². The number of phenols is 1. The molecule has 1 heterocycles. The van der Waals surface area contributed by atoms with E-state index in [-0.39, 0.29) is 33.8 Å². The van der Waals surface area contributed by atoms with Gasteiger partial charge in [-0.15, -0.1) is 0 Å². The summed E-state index contributed by atoms with van der Waals surface area (Å²) in [7, 11) is 1.39. The van der Waals surface area contributed by atoms with Crippen LogP contribution in [0.2, 0.25) is 5.02 Å². The van der Waals surface area contributed by atoms with Gasteiger partial charge in [-0.2, -0.15) is 0 Å². The van der Waals surface area contributed by atoms with Gasteiger partial charge in [0.25, 0.3) is 5.91 Å². The summed E-state index contributed by atoms with van der Waals surface area (Å²) in [5.41, 5.74) is 0.815. The summed E-state index contributed by atoms with van der Waals surface area (Å²) in [6, 6.07) is 11.8. The van der Waals surface area contributed by atoms with Gasteiger partial charge in [-0.25, -0.2) is 4.39 Å². The molecule has 0 spiro atoms. The van der Waals surface area contributed by atoms with E-state index in [0.29, 0.717) is 30.3 Å². The van der Waals surface area contributed by atoms with Crippen LogP contribution in [0.15, 0.2) is 54.6 Å². The van der Waals surface area contributed by atoms with Crippen LogP contribution in [0.25, 0.3) is 0 Å². The first-order chi connectivity index (χ1) is 18.9. The summed E-state index contributed by atoms with van der Waals surface area (Å²) in [4.78, 5) is 29.5. The molecule has 1 aliphatic heterocycles.